The van der Waals surface area contributed by atoms with E-state index in [1.54, 1.807) is 17.7 Å². The van der Waals surface area contributed by atoms with Crippen LogP contribution in [0.5, 0.6) is 0 Å². The van der Waals surface area contributed by atoms with Crippen molar-refractivity contribution >= 4 is 43.3 Å². The molecule has 0 aromatic carbocycles. The van der Waals surface area contributed by atoms with Gasteiger partial charge in [0.2, 0.25) is 0 Å². The Morgan fingerprint density at radius 2 is 2.17 bits per heavy atom. The van der Waals surface area contributed by atoms with E-state index in [0.29, 0.717) is 6.04 Å². The van der Waals surface area contributed by atoms with Crippen LogP contribution in [-0.2, 0) is 0 Å². The van der Waals surface area contributed by atoms with Gasteiger partial charge in [-0.05, 0) is 24.3 Å². The van der Waals surface area contributed by atoms with Gasteiger partial charge in [-0.2, -0.15) is 0 Å². The minimum absolute atomic E-state index is 0.653. The third-order valence-electron chi connectivity index (χ3n) is 3.60. The van der Waals surface area contributed by atoms with Crippen LogP contribution in [0, 0.1) is 0 Å². The number of aromatic nitrogens is 2. The first-order valence-electron chi connectivity index (χ1n) is 6.41. The second kappa shape index (κ2) is 5.53. The summed E-state index contributed by atoms with van der Waals surface area (Å²) in [6.45, 7) is 1.02. The summed E-state index contributed by atoms with van der Waals surface area (Å²) in [6, 6.07) is 2.80. The summed E-state index contributed by atoms with van der Waals surface area (Å²) in [4.78, 5) is 12.4. The van der Waals surface area contributed by atoms with Gasteiger partial charge in [0.1, 0.15) is 17.0 Å². The maximum Gasteiger partial charge on any atom is 0.141 e. The molecule has 96 valence electrons. The Bertz CT molecular complexity index is 522. The van der Waals surface area contributed by atoms with Gasteiger partial charge < -0.3 is 4.90 Å². The lowest BCUT2D eigenvalue weighted by Gasteiger charge is -2.29. The van der Waals surface area contributed by atoms with Crippen molar-refractivity contribution in [2.45, 2.75) is 31.7 Å². The molecule has 18 heavy (non-hydrogen) atoms. The molecule has 0 spiro atoms. The second-order valence-electron chi connectivity index (χ2n) is 4.66. The molecule has 5 heteroatoms. The fourth-order valence-electron chi connectivity index (χ4n) is 2.77. The van der Waals surface area contributed by atoms with Crippen molar-refractivity contribution in [2.24, 2.45) is 0 Å². The van der Waals surface area contributed by atoms with Gasteiger partial charge in [0.15, 0.2) is 0 Å². The zero-order valence-corrected chi connectivity index (χ0v) is 12.6. The van der Waals surface area contributed by atoms with E-state index in [4.69, 9.17) is 0 Å². The average molecular weight is 326 g/mol. The predicted octanol–water partition coefficient (Wildman–Crippen LogP) is 3.84. The van der Waals surface area contributed by atoms with Gasteiger partial charge >= 0.3 is 0 Å². The number of fused-ring (bicyclic) bond motifs is 1. The standard InChI is InChI=1S/C13H16BrN3S/c14-6-7-17(10-3-1-2-4-10)12-11-5-8-18-13(11)16-9-15-12/h5,8-10H,1-4,6-7H2. The van der Waals surface area contributed by atoms with E-state index in [1.165, 1.54) is 31.1 Å². The third-order valence-corrected chi connectivity index (χ3v) is 4.78. The fourth-order valence-corrected chi connectivity index (χ4v) is 3.88. The first-order chi connectivity index (χ1) is 8.90. The molecule has 0 N–H and O–H groups in total. The van der Waals surface area contributed by atoms with Crippen LogP contribution in [0.4, 0.5) is 5.82 Å². The number of alkyl halides is 1. The molecule has 3 rings (SSSR count). The smallest absolute Gasteiger partial charge is 0.141 e. The van der Waals surface area contributed by atoms with Gasteiger partial charge in [-0.25, -0.2) is 9.97 Å². The molecular formula is C13H16BrN3S. The number of hydrogen-bond acceptors (Lipinski definition) is 4. The largest absolute Gasteiger partial charge is 0.352 e. The van der Waals surface area contributed by atoms with Crippen molar-refractivity contribution in [3.05, 3.63) is 17.8 Å². The lowest BCUT2D eigenvalue weighted by atomic mass is 10.2. The van der Waals surface area contributed by atoms with Crippen LogP contribution in [-0.4, -0.2) is 27.9 Å². The molecule has 0 amide bonds. The van der Waals surface area contributed by atoms with Crippen LogP contribution in [0.3, 0.4) is 0 Å². The van der Waals surface area contributed by atoms with Crippen LogP contribution in [0.15, 0.2) is 17.8 Å². The molecule has 0 radical (unpaired) electrons. The normalized spacial score (nSPS) is 16.5. The molecule has 1 aliphatic carbocycles. The topological polar surface area (TPSA) is 29.0 Å². The molecule has 2 aromatic heterocycles. The number of halogens is 1. The number of rotatable bonds is 4. The Kier molecular flexibility index (Phi) is 3.80. The van der Waals surface area contributed by atoms with E-state index in [9.17, 15) is 0 Å². The maximum atomic E-state index is 4.54. The summed E-state index contributed by atoms with van der Waals surface area (Å²) in [5.74, 6) is 1.12. The molecule has 0 atom stereocenters. The zero-order chi connectivity index (χ0) is 12.4. The van der Waals surface area contributed by atoms with Crippen molar-refractivity contribution in [1.82, 2.24) is 9.97 Å². The van der Waals surface area contributed by atoms with Crippen LogP contribution >= 0.6 is 27.3 Å². The van der Waals surface area contributed by atoms with E-state index >= 15 is 0 Å². The van der Waals surface area contributed by atoms with E-state index in [2.05, 4.69) is 42.2 Å². The maximum absolute atomic E-state index is 4.54. The highest BCUT2D eigenvalue weighted by atomic mass is 79.9. The first-order valence-corrected chi connectivity index (χ1v) is 8.41. The van der Waals surface area contributed by atoms with Gasteiger partial charge in [0.25, 0.3) is 0 Å². The van der Waals surface area contributed by atoms with Crippen molar-refractivity contribution in [3.8, 4) is 0 Å². The summed E-state index contributed by atoms with van der Waals surface area (Å²) in [6.07, 6.45) is 6.98. The lowest BCUT2D eigenvalue weighted by molar-refractivity contribution is 0.617. The third kappa shape index (κ3) is 2.26. The van der Waals surface area contributed by atoms with E-state index in [0.717, 1.165) is 22.5 Å². The van der Waals surface area contributed by atoms with Gasteiger partial charge in [0.05, 0.1) is 5.39 Å². The van der Waals surface area contributed by atoms with E-state index < -0.39 is 0 Å². The SMILES string of the molecule is BrCCN(c1ncnc2sccc12)C1CCCC1. The highest BCUT2D eigenvalue weighted by Crippen LogP contribution is 2.32. The molecular weight excluding hydrogens is 310 g/mol. The highest BCUT2D eigenvalue weighted by Gasteiger charge is 2.24. The van der Waals surface area contributed by atoms with Crippen molar-refractivity contribution < 1.29 is 0 Å². The summed E-state index contributed by atoms with van der Waals surface area (Å²) >= 11 is 5.26. The van der Waals surface area contributed by atoms with Crippen molar-refractivity contribution in [2.75, 3.05) is 16.8 Å². The molecule has 0 saturated heterocycles. The van der Waals surface area contributed by atoms with E-state index in [1.807, 2.05) is 0 Å². The number of hydrogen-bond donors (Lipinski definition) is 0. The van der Waals surface area contributed by atoms with Gasteiger partial charge in [0, 0.05) is 17.9 Å². The Labute approximate surface area is 119 Å². The van der Waals surface area contributed by atoms with Gasteiger partial charge in [-0.15, -0.1) is 11.3 Å². The van der Waals surface area contributed by atoms with Crippen molar-refractivity contribution in [3.63, 3.8) is 0 Å². The molecule has 2 heterocycles. The van der Waals surface area contributed by atoms with Crippen LogP contribution in [0.25, 0.3) is 10.2 Å². The summed E-state index contributed by atoms with van der Waals surface area (Å²) in [5.41, 5.74) is 0. The quantitative estimate of drug-likeness (QED) is 0.800. The molecule has 3 nitrogen and oxygen atoms in total. The van der Waals surface area contributed by atoms with E-state index in [-0.39, 0.29) is 0 Å². The minimum Gasteiger partial charge on any atom is -0.352 e. The molecule has 1 fully saturated rings. The number of thiophene rings is 1. The Hall–Kier alpha value is -0.680. The Morgan fingerprint density at radius 3 is 2.94 bits per heavy atom. The Balaban J connectivity index is 2.00. The van der Waals surface area contributed by atoms with Crippen molar-refractivity contribution in [1.29, 1.82) is 0 Å². The predicted molar refractivity (Wildman–Crippen MR) is 80.8 cm³/mol. The van der Waals surface area contributed by atoms with Gasteiger partial charge in [-0.1, -0.05) is 28.8 Å². The van der Waals surface area contributed by atoms with Gasteiger partial charge in [-0.3, -0.25) is 0 Å². The molecule has 0 aliphatic heterocycles. The second-order valence-corrected chi connectivity index (χ2v) is 6.34. The Morgan fingerprint density at radius 1 is 1.33 bits per heavy atom. The summed E-state index contributed by atoms with van der Waals surface area (Å²) in [7, 11) is 0. The first kappa shape index (κ1) is 12.4. The fraction of sp³-hybridized carbons (Fsp3) is 0.538. The summed E-state index contributed by atoms with van der Waals surface area (Å²) in [5, 5.41) is 4.29. The lowest BCUT2D eigenvalue weighted by Crippen LogP contribution is -2.35. The minimum atomic E-state index is 0.653. The van der Waals surface area contributed by atoms with Crippen LogP contribution in [0.1, 0.15) is 25.7 Å². The van der Waals surface area contributed by atoms with Crippen LogP contribution in [0.2, 0.25) is 0 Å². The molecule has 2 aromatic rings. The molecule has 0 unspecified atom stereocenters. The summed E-state index contributed by atoms with van der Waals surface area (Å²) < 4.78 is 0. The highest BCUT2D eigenvalue weighted by molar-refractivity contribution is 9.09. The molecule has 1 saturated carbocycles. The molecule has 0 bridgehead atoms. The average Bonchev–Trinajstić information content (AvgIpc) is 3.06. The monoisotopic (exact) mass is 325 g/mol. The molecule has 1 aliphatic rings. The number of anilines is 1. The number of nitrogens with zero attached hydrogens (tertiary/aromatic N) is 3. The zero-order valence-electron chi connectivity index (χ0n) is 10.2. The van der Waals surface area contributed by atoms with Crippen LogP contribution < -0.4 is 4.90 Å².